The minimum absolute atomic E-state index is 0.0432. The zero-order chi connectivity index (χ0) is 22.5. The maximum Gasteiger partial charge on any atom is 0.253 e. The van der Waals surface area contributed by atoms with Crippen LogP contribution in [0.5, 0.6) is 11.5 Å². The van der Waals surface area contributed by atoms with Crippen molar-refractivity contribution in [1.29, 1.82) is 0 Å². The van der Waals surface area contributed by atoms with E-state index < -0.39 is 0 Å². The molecule has 1 aliphatic rings. The molecule has 0 atom stereocenters. The SMILES string of the molecule is COc1ccc(-c2ccc(N3CCN(C(=O)c4ccc(OC(C)C)cc4)CC3)nn2)cc1. The maximum atomic E-state index is 12.9. The van der Waals surface area contributed by atoms with Gasteiger partial charge in [0.05, 0.1) is 18.9 Å². The largest absolute Gasteiger partial charge is 0.497 e. The Morgan fingerprint density at radius 3 is 2.06 bits per heavy atom. The number of hydrogen-bond acceptors (Lipinski definition) is 6. The van der Waals surface area contributed by atoms with E-state index in [0.717, 1.165) is 41.7 Å². The molecule has 1 amide bonds. The summed E-state index contributed by atoms with van der Waals surface area (Å²) in [5.41, 5.74) is 2.48. The molecule has 4 rings (SSSR count). The van der Waals surface area contributed by atoms with E-state index in [1.54, 1.807) is 7.11 Å². The number of carbonyl (C=O) groups is 1. The number of anilines is 1. The summed E-state index contributed by atoms with van der Waals surface area (Å²) in [6.07, 6.45) is 0.109. The van der Waals surface area contributed by atoms with Gasteiger partial charge in [-0.2, -0.15) is 0 Å². The van der Waals surface area contributed by atoms with Crippen molar-refractivity contribution in [3.63, 3.8) is 0 Å². The van der Waals surface area contributed by atoms with Gasteiger partial charge >= 0.3 is 0 Å². The lowest BCUT2D eigenvalue weighted by Crippen LogP contribution is -2.49. The smallest absolute Gasteiger partial charge is 0.253 e. The van der Waals surface area contributed by atoms with Crippen LogP contribution in [0.3, 0.4) is 0 Å². The summed E-state index contributed by atoms with van der Waals surface area (Å²) in [6.45, 7) is 6.69. The van der Waals surface area contributed by atoms with Crippen molar-refractivity contribution >= 4 is 11.7 Å². The highest BCUT2D eigenvalue weighted by Crippen LogP contribution is 2.22. The summed E-state index contributed by atoms with van der Waals surface area (Å²) in [7, 11) is 1.65. The number of piperazine rings is 1. The van der Waals surface area contributed by atoms with E-state index in [9.17, 15) is 4.79 Å². The molecule has 7 nitrogen and oxygen atoms in total. The molecular weight excluding hydrogens is 404 g/mol. The number of nitrogens with zero attached hydrogens (tertiary/aromatic N) is 4. The van der Waals surface area contributed by atoms with Gasteiger partial charge in [0.2, 0.25) is 0 Å². The van der Waals surface area contributed by atoms with E-state index in [1.165, 1.54) is 0 Å². The normalized spacial score (nSPS) is 13.9. The van der Waals surface area contributed by atoms with Gasteiger partial charge in [-0.25, -0.2) is 0 Å². The quantitative estimate of drug-likeness (QED) is 0.589. The minimum Gasteiger partial charge on any atom is -0.497 e. The zero-order valence-electron chi connectivity index (χ0n) is 18.7. The molecule has 1 aliphatic heterocycles. The van der Waals surface area contributed by atoms with Crippen LogP contribution in [-0.4, -0.2) is 60.4 Å². The van der Waals surface area contributed by atoms with Gasteiger partial charge in [-0.15, -0.1) is 10.2 Å². The van der Waals surface area contributed by atoms with E-state index >= 15 is 0 Å². The van der Waals surface area contributed by atoms with Crippen molar-refractivity contribution in [3.05, 3.63) is 66.2 Å². The van der Waals surface area contributed by atoms with Crippen LogP contribution in [0.4, 0.5) is 5.82 Å². The molecule has 1 aromatic heterocycles. The monoisotopic (exact) mass is 432 g/mol. The molecule has 32 heavy (non-hydrogen) atoms. The Hall–Kier alpha value is -3.61. The van der Waals surface area contributed by atoms with Crippen LogP contribution in [0.2, 0.25) is 0 Å². The molecule has 7 heteroatoms. The third-order valence-electron chi connectivity index (χ3n) is 5.40. The van der Waals surface area contributed by atoms with Crippen molar-refractivity contribution in [2.75, 3.05) is 38.2 Å². The fraction of sp³-hybridized carbons (Fsp3) is 0.320. The first-order valence-electron chi connectivity index (χ1n) is 10.8. The van der Waals surface area contributed by atoms with E-state index in [1.807, 2.05) is 79.4 Å². The number of ether oxygens (including phenoxy) is 2. The number of rotatable bonds is 6. The van der Waals surface area contributed by atoms with Crippen molar-refractivity contribution in [2.45, 2.75) is 20.0 Å². The topological polar surface area (TPSA) is 67.8 Å². The fourth-order valence-corrected chi connectivity index (χ4v) is 3.68. The van der Waals surface area contributed by atoms with Gasteiger partial charge < -0.3 is 19.3 Å². The molecule has 1 saturated heterocycles. The molecule has 2 heterocycles. The van der Waals surface area contributed by atoms with Crippen LogP contribution in [0.25, 0.3) is 11.3 Å². The number of amides is 1. The first-order valence-corrected chi connectivity index (χ1v) is 10.8. The number of carbonyl (C=O) groups excluding carboxylic acids is 1. The maximum absolute atomic E-state index is 12.9. The molecule has 1 fully saturated rings. The molecule has 3 aromatic rings. The predicted molar refractivity (Wildman–Crippen MR) is 124 cm³/mol. The van der Waals surface area contributed by atoms with Gasteiger partial charge in [-0.05, 0) is 74.5 Å². The summed E-state index contributed by atoms with van der Waals surface area (Å²) < 4.78 is 10.9. The molecule has 2 aromatic carbocycles. The third kappa shape index (κ3) is 4.99. The van der Waals surface area contributed by atoms with Gasteiger partial charge in [0.15, 0.2) is 5.82 Å². The molecule has 0 radical (unpaired) electrons. The van der Waals surface area contributed by atoms with Crippen LogP contribution in [-0.2, 0) is 0 Å². The van der Waals surface area contributed by atoms with Crippen LogP contribution in [0, 0.1) is 0 Å². The second-order valence-electron chi connectivity index (χ2n) is 7.98. The number of hydrogen-bond donors (Lipinski definition) is 0. The molecule has 0 N–H and O–H groups in total. The predicted octanol–water partition coefficient (Wildman–Crippen LogP) is 3.90. The lowest BCUT2D eigenvalue weighted by Gasteiger charge is -2.35. The number of benzene rings is 2. The van der Waals surface area contributed by atoms with Crippen molar-refractivity contribution < 1.29 is 14.3 Å². The lowest BCUT2D eigenvalue weighted by molar-refractivity contribution is 0.0746. The minimum atomic E-state index is 0.0432. The molecule has 0 bridgehead atoms. The Labute approximate surface area is 188 Å². The summed E-state index contributed by atoms with van der Waals surface area (Å²) in [5.74, 6) is 2.45. The Balaban J connectivity index is 1.34. The van der Waals surface area contributed by atoms with Gasteiger partial charge in [0.25, 0.3) is 5.91 Å². The Bertz CT molecular complexity index is 1030. The molecule has 0 saturated carbocycles. The number of aromatic nitrogens is 2. The van der Waals surface area contributed by atoms with Gasteiger partial charge in [0.1, 0.15) is 11.5 Å². The summed E-state index contributed by atoms with van der Waals surface area (Å²) in [5, 5.41) is 8.80. The lowest BCUT2D eigenvalue weighted by atomic mass is 10.1. The summed E-state index contributed by atoms with van der Waals surface area (Å²) in [4.78, 5) is 16.9. The first-order chi connectivity index (χ1) is 15.5. The van der Waals surface area contributed by atoms with Gasteiger partial charge in [-0.3, -0.25) is 4.79 Å². The molecule has 0 unspecified atom stereocenters. The third-order valence-corrected chi connectivity index (χ3v) is 5.40. The van der Waals surface area contributed by atoms with Crippen molar-refractivity contribution in [2.24, 2.45) is 0 Å². The van der Waals surface area contributed by atoms with E-state index in [0.29, 0.717) is 18.7 Å². The molecule has 0 spiro atoms. The highest BCUT2D eigenvalue weighted by molar-refractivity contribution is 5.94. The van der Waals surface area contributed by atoms with Crippen LogP contribution in [0.1, 0.15) is 24.2 Å². The molecule has 166 valence electrons. The Kier molecular flexibility index (Phi) is 6.54. The van der Waals surface area contributed by atoms with Crippen LogP contribution in [0.15, 0.2) is 60.7 Å². The standard InChI is InChI=1S/C25H28N4O3/c1-18(2)32-22-10-6-20(7-11-22)25(30)29-16-14-28(15-17-29)24-13-12-23(26-27-24)19-4-8-21(31-3)9-5-19/h4-13,18H,14-17H2,1-3H3. The molecule has 0 aliphatic carbocycles. The Morgan fingerprint density at radius 2 is 1.50 bits per heavy atom. The second-order valence-corrected chi connectivity index (χ2v) is 7.98. The summed E-state index contributed by atoms with van der Waals surface area (Å²) in [6, 6.07) is 19.1. The number of methoxy groups -OCH3 is 1. The van der Waals surface area contributed by atoms with Crippen LogP contribution >= 0.6 is 0 Å². The highest BCUT2D eigenvalue weighted by atomic mass is 16.5. The zero-order valence-corrected chi connectivity index (χ0v) is 18.7. The summed E-state index contributed by atoms with van der Waals surface area (Å²) >= 11 is 0. The molecular formula is C25H28N4O3. The van der Waals surface area contributed by atoms with Crippen molar-refractivity contribution in [1.82, 2.24) is 15.1 Å². The van der Waals surface area contributed by atoms with E-state index in [-0.39, 0.29) is 12.0 Å². The van der Waals surface area contributed by atoms with Gasteiger partial charge in [-0.1, -0.05) is 0 Å². The van der Waals surface area contributed by atoms with Crippen LogP contribution < -0.4 is 14.4 Å². The van der Waals surface area contributed by atoms with E-state index in [2.05, 4.69) is 15.1 Å². The average molecular weight is 433 g/mol. The average Bonchev–Trinajstić information content (AvgIpc) is 2.84. The highest BCUT2D eigenvalue weighted by Gasteiger charge is 2.23. The van der Waals surface area contributed by atoms with Gasteiger partial charge in [0, 0.05) is 37.3 Å². The van der Waals surface area contributed by atoms with E-state index in [4.69, 9.17) is 9.47 Å². The second kappa shape index (κ2) is 9.68. The van der Waals surface area contributed by atoms with Crippen molar-refractivity contribution in [3.8, 4) is 22.8 Å². The first kappa shape index (κ1) is 21.6. The Morgan fingerprint density at radius 1 is 0.844 bits per heavy atom. The fourth-order valence-electron chi connectivity index (χ4n) is 3.68.